The predicted molar refractivity (Wildman–Crippen MR) is 98.1 cm³/mol. The Balaban J connectivity index is 4.00. The average Bonchev–Trinajstić information content (AvgIpc) is 2.55. The van der Waals surface area contributed by atoms with Crippen LogP contribution in [0.1, 0.15) is 110 Å². The van der Waals surface area contributed by atoms with Crippen molar-refractivity contribution in [3.05, 3.63) is 0 Å². The molecule has 0 saturated heterocycles. The summed E-state index contributed by atoms with van der Waals surface area (Å²) in [6.45, 7) is 4.41. The highest BCUT2D eigenvalue weighted by molar-refractivity contribution is 5.70. The van der Waals surface area contributed by atoms with Crippen LogP contribution >= 0.6 is 0 Å². The number of unbranched alkanes of at least 4 members (excludes halogenated alkanes) is 8. The fourth-order valence-corrected chi connectivity index (χ4v) is 2.83. The van der Waals surface area contributed by atoms with E-state index in [1.165, 1.54) is 44.9 Å². The van der Waals surface area contributed by atoms with Crippen molar-refractivity contribution in [3.63, 3.8) is 0 Å². The summed E-state index contributed by atoms with van der Waals surface area (Å²) in [5.41, 5.74) is 0. The van der Waals surface area contributed by atoms with Crippen LogP contribution in [0.2, 0.25) is 0 Å². The number of rotatable bonds is 17. The number of esters is 1. The molecule has 0 spiro atoms. The second-order valence-corrected chi connectivity index (χ2v) is 6.76. The van der Waals surface area contributed by atoms with E-state index in [0.29, 0.717) is 19.3 Å². The zero-order valence-corrected chi connectivity index (χ0v) is 15.9. The van der Waals surface area contributed by atoms with E-state index in [9.17, 15) is 9.59 Å². The fourth-order valence-electron chi connectivity index (χ4n) is 2.83. The van der Waals surface area contributed by atoms with Gasteiger partial charge in [-0.05, 0) is 38.5 Å². The topological polar surface area (TPSA) is 63.6 Å². The summed E-state index contributed by atoms with van der Waals surface area (Å²) in [5.74, 6) is -0.960. The number of carboxylic acid groups (broad SMARTS) is 1. The predicted octanol–water partition coefficient (Wildman–Crippen LogP) is 5.87. The van der Waals surface area contributed by atoms with Crippen molar-refractivity contribution in [2.24, 2.45) is 0 Å². The molecule has 0 aliphatic heterocycles. The lowest BCUT2D eigenvalue weighted by atomic mass is 10.0. The van der Waals surface area contributed by atoms with Gasteiger partial charge in [-0.15, -0.1) is 0 Å². The minimum atomic E-state index is -0.802. The first-order valence-corrected chi connectivity index (χ1v) is 10.0. The van der Waals surface area contributed by atoms with Crippen LogP contribution < -0.4 is 0 Å². The molecule has 0 bridgehead atoms. The van der Waals surface area contributed by atoms with Gasteiger partial charge in [-0.1, -0.05) is 58.8 Å². The first-order valence-electron chi connectivity index (χ1n) is 10.0. The standard InChI is InChI=1S/C20H38O4/c1-3-5-7-9-11-15-18(14-10-8-6-4-2)24-20(23)17-13-12-16-19(21)22/h18H,3-17H2,1-2H3,(H,21,22). The second-order valence-electron chi connectivity index (χ2n) is 6.76. The van der Waals surface area contributed by atoms with Crippen LogP contribution in [-0.2, 0) is 14.3 Å². The molecule has 4 heteroatoms. The Bertz CT molecular complexity index is 315. The van der Waals surface area contributed by atoms with Gasteiger partial charge in [-0.2, -0.15) is 0 Å². The molecule has 142 valence electrons. The molecule has 0 saturated carbocycles. The van der Waals surface area contributed by atoms with E-state index in [1.54, 1.807) is 0 Å². The molecular weight excluding hydrogens is 304 g/mol. The molecule has 0 rings (SSSR count). The van der Waals surface area contributed by atoms with Crippen molar-refractivity contribution >= 4 is 11.9 Å². The highest BCUT2D eigenvalue weighted by atomic mass is 16.5. The third kappa shape index (κ3) is 15.8. The van der Waals surface area contributed by atoms with Gasteiger partial charge in [0.15, 0.2) is 0 Å². The summed E-state index contributed by atoms with van der Waals surface area (Å²) in [7, 11) is 0. The van der Waals surface area contributed by atoms with Crippen molar-refractivity contribution < 1.29 is 19.4 Å². The van der Waals surface area contributed by atoms with Crippen molar-refractivity contribution in [2.75, 3.05) is 0 Å². The molecule has 1 atom stereocenters. The zero-order valence-electron chi connectivity index (χ0n) is 15.9. The summed E-state index contributed by atoms with van der Waals surface area (Å²) in [6.07, 6.45) is 14.5. The largest absolute Gasteiger partial charge is 0.481 e. The molecule has 1 N–H and O–H groups in total. The number of ether oxygens (including phenoxy) is 1. The van der Waals surface area contributed by atoms with Crippen molar-refractivity contribution in [1.82, 2.24) is 0 Å². The molecule has 0 radical (unpaired) electrons. The molecule has 0 heterocycles. The van der Waals surface area contributed by atoms with E-state index in [-0.39, 0.29) is 18.5 Å². The quantitative estimate of drug-likeness (QED) is 0.265. The summed E-state index contributed by atoms with van der Waals surface area (Å²) in [5, 5.41) is 8.61. The number of carbonyl (C=O) groups is 2. The van der Waals surface area contributed by atoms with Gasteiger partial charge >= 0.3 is 11.9 Å². The lowest BCUT2D eigenvalue weighted by molar-refractivity contribution is -0.150. The monoisotopic (exact) mass is 342 g/mol. The fraction of sp³-hybridized carbons (Fsp3) is 0.900. The summed E-state index contributed by atoms with van der Waals surface area (Å²) in [6, 6.07) is 0. The maximum Gasteiger partial charge on any atom is 0.306 e. The molecule has 0 amide bonds. The number of carbonyl (C=O) groups excluding carboxylic acids is 1. The SMILES string of the molecule is CCCCCCCC(CCCCCC)OC(=O)CCCCC(=O)O. The van der Waals surface area contributed by atoms with E-state index < -0.39 is 5.97 Å². The van der Waals surface area contributed by atoms with Gasteiger partial charge in [0.2, 0.25) is 0 Å². The molecule has 0 aliphatic rings. The summed E-state index contributed by atoms with van der Waals surface area (Å²) < 4.78 is 5.66. The van der Waals surface area contributed by atoms with Crippen LogP contribution in [0.25, 0.3) is 0 Å². The third-order valence-electron chi connectivity index (χ3n) is 4.33. The average molecular weight is 343 g/mol. The third-order valence-corrected chi connectivity index (χ3v) is 4.33. The molecule has 0 aromatic rings. The molecule has 24 heavy (non-hydrogen) atoms. The minimum Gasteiger partial charge on any atom is -0.481 e. The lowest BCUT2D eigenvalue weighted by Crippen LogP contribution is -2.18. The molecule has 0 aliphatic carbocycles. The van der Waals surface area contributed by atoms with Gasteiger partial charge in [0.25, 0.3) is 0 Å². The van der Waals surface area contributed by atoms with Gasteiger partial charge < -0.3 is 9.84 Å². The highest BCUT2D eigenvalue weighted by Gasteiger charge is 2.14. The second kappa shape index (κ2) is 16.8. The Kier molecular flexibility index (Phi) is 16.0. The zero-order chi connectivity index (χ0) is 18.0. The van der Waals surface area contributed by atoms with Gasteiger partial charge in [0.05, 0.1) is 0 Å². The first-order chi connectivity index (χ1) is 11.6. The first kappa shape index (κ1) is 22.9. The van der Waals surface area contributed by atoms with Gasteiger partial charge in [-0.25, -0.2) is 0 Å². The number of aliphatic carboxylic acids is 1. The highest BCUT2D eigenvalue weighted by Crippen LogP contribution is 2.17. The molecule has 0 aromatic carbocycles. The van der Waals surface area contributed by atoms with E-state index in [1.807, 2.05) is 0 Å². The summed E-state index contributed by atoms with van der Waals surface area (Å²) in [4.78, 5) is 22.4. The van der Waals surface area contributed by atoms with Crippen LogP contribution in [0.4, 0.5) is 0 Å². The Morgan fingerprint density at radius 2 is 1.25 bits per heavy atom. The van der Waals surface area contributed by atoms with E-state index in [4.69, 9.17) is 9.84 Å². The van der Waals surface area contributed by atoms with Crippen LogP contribution in [-0.4, -0.2) is 23.1 Å². The number of hydrogen-bond donors (Lipinski definition) is 1. The molecule has 0 fully saturated rings. The van der Waals surface area contributed by atoms with Crippen LogP contribution in [0, 0.1) is 0 Å². The Morgan fingerprint density at radius 3 is 1.79 bits per heavy atom. The van der Waals surface area contributed by atoms with E-state index >= 15 is 0 Å². The van der Waals surface area contributed by atoms with Crippen LogP contribution in [0.3, 0.4) is 0 Å². The molecule has 1 unspecified atom stereocenters. The van der Waals surface area contributed by atoms with Crippen molar-refractivity contribution in [1.29, 1.82) is 0 Å². The maximum atomic E-state index is 12.0. The molecular formula is C20H38O4. The normalized spacial score (nSPS) is 12.1. The van der Waals surface area contributed by atoms with Crippen LogP contribution in [0.15, 0.2) is 0 Å². The van der Waals surface area contributed by atoms with E-state index in [2.05, 4.69) is 13.8 Å². The van der Waals surface area contributed by atoms with Gasteiger partial charge in [0, 0.05) is 12.8 Å². The smallest absolute Gasteiger partial charge is 0.306 e. The Morgan fingerprint density at radius 1 is 0.750 bits per heavy atom. The molecule has 0 aromatic heterocycles. The van der Waals surface area contributed by atoms with Crippen molar-refractivity contribution in [3.8, 4) is 0 Å². The molecule has 4 nitrogen and oxygen atoms in total. The Hall–Kier alpha value is -1.06. The minimum absolute atomic E-state index is 0.0513. The van der Waals surface area contributed by atoms with Gasteiger partial charge in [0.1, 0.15) is 6.10 Å². The summed E-state index contributed by atoms with van der Waals surface area (Å²) >= 11 is 0. The number of carboxylic acids is 1. The van der Waals surface area contributed by atoms with E-state index in [0.717, 1.165) is 25.7 Å². The maximum absolute atomic E-state index is 12.0. The Labute approximate surface area is 148 Å². The van der Waals surface area contributed by atoms with Crippen LogP contribution in [0.5, 0.6) is 0 Å². The lowest BCUT2D eigenvalue weighted by Gasteiger charge is -2.18. The number of hydrogen-bond acceptors (Lipinski definition) is 3. The van der Waals surface area contributed by atoms with Crippen molar-refractivity contribution in [2.45, 2.75) is 116 Å². The van der Waals surface area contributed by atoms with Gasteiger partial charge in [-0.3, -0.25) is 9.59 Å².